The molecule has 0 atom stereocenters. The zero-order valence-electron chi connectivity index (χ0n) is 10.9. The molecule has 0 aliphatic carbocycles. The molecule has 1 heterocycles. The van der Waals surface area contributed by atoms with E-state index in [9.17, 15) is 4.79 Å². The van der Waals surface area contributed by atoms with E-state index < -0.39 is 0 Å². The third-order valence-corrected chi connectivity index (χ3v) is 3.04. The molecule has 2 aromatic rings. The number of nitrogens with one attached hydrogen (secondary N) is 1. The number of ether oxygens (including phenoxy) is 1. The van der Waals surface area contributed by atoms with Crippen molar-refractivity contribution in [3.63, 3.8) is 0 Å². The van der Waals surface area contributed by atoms with Gasteiger partial charge in [-0.1, -0.05) is 12.2 Å². The molecule has 3 N–H and O–H groups in total. The van der Waals surface area contributed by atoms with Gasteiger partial charge in [0.1, 0.15) is 23.0 Å². The molecule has 0 saturated carbocycles. The Morgan fingerprint density at radius 2 is 2.00 bits per heavy atom. The molecule has 0 aliphatic rings. The van der Waals surface area contributed by atoms with Gasteiger partial charge in [-0.15, -0.1) is 0 Å². The summed E-state index contributed by atoms with van der Waals surface area (Å²) in [5, 5.41) is 2.75. The first-order valence-corrected chi connectivity index (χ1v) is 7.19. The van der Waals surface area contributed by atoms with Crippen molar-refractivity contribution < 1.29 is 9.53 Å². The smallest absolute Gasteiger partial charge is 0.274 e. The summed E-state index contributed by atoms with van der Waals surface area (Å²) in [6.07, 6.45) is 1.57. The molecule has 1 amide bonds. The molecule has 1 aromatic heterocycles. The Bertz CT molecular complexity index is 644. The molecule has 2 rings (SSSR count). The van der Waals surface area contributed by atoms with Crippen molar-refractivity contribution >= 4 is 44.7 Å². The number of nitrogens with zero attached hydrogens (tertiary/aromatic N) is 1. The van der Waals surface area contributed by atoms with E-state index in [1.165, 1.54) is 0 Å². The van der Waals surface area contributed by atoms with Gasteiger partial charge in [0.05, 0.1) is 0 Å². The lowest BCUT2D eigenvalue weighted by Crippen LogP contribution is -2.17. The maximum atomic E-state index is 12.0. The van der Waals surface area contributed by atoms with Crippen LogP contribution in [-0.2, 0) is 0 Å². The van der Waals surface area contributed by atoms with Crippen LogP contribution in [0.4, 0.5) is 5.69 Å². The number of aromatic nitrogens is 1. The molecule has 0 bridgehead atoms. The maximum Gasteiger partial charge on any atom is 0.274 e. The molecule has 0 fully saturated rings. The fourth-order valence-corrected chi connectivity index (χ4v) is 1.79. The average molecular weight is 366 g/mol. The van der Waals surface area contributed by atoms with E-state index in [0.717, 1.165) is 4.47 Å². The first-order valence-electron chi connectivity index (χ1n) is 5.98. The normalized spacial score (nSPS) is 9.95. The van der Waals surface area contributed by atoms with Gasteiger partial charge in [-0.2, -0.15) is 0 Å². The Hall–Kier alpha value is -1.99. The summed E-state index contributed by atoms with van der Waals surface area (Å²) in [5.74, 6) is 0.349. The minimum atomic E-state index is -0.278. The number of hydrogen-bond acceptors (Lipinski definition) is 4. The van der Waals surface area contributed by atoms with Crippen molar-refractivity contribution in [2.75, 3.05) is 11.9 Å². The zero-order chi connectivity index (χ0) is 15.2. The summed E-state index contributed by atoms with van der Waals surface area (Å²) >= 11 is 7.99. The highest BCUT2D eigenvalue weighted by Crippen LogP contribution is 2.16. The van der Waals surface area contributed by atoms with E-state index in [4.69, 9.17) is 22.7 Å². The van der Waals surface area contributed by atoms with Crippen LogP contribution >= 0.6 is 28.1 Å². The Kier molecular flexibility index (Phi) is 5.24. The van der Waals surface area contributed by atoms with E-state index in [2.05, 4.69) is 26.2 Å². The van der Waals surface area contributed by atoms with Crippen LogP contribution in [0.5, 0.6) is 5.75 Å². The van der Waals surface area contributed by atoms with Crippen LogP contribution in [0, 0.1) is 0 Å². The second kappa shape index (κ2) is 7.14. The number of carbonyl (C=O) groups excluding carboxylic acids is 1. The number of halogens is 1. The van der Waals surface area contributed by atoms with E-state index in [0.29, 0.717) is 17.1 Å². The first kappa shape index (κ1) is 15.4. The Balaban J connectivity index is 1.98. The predicted octanol–water partition coefficient (Wildman–Crippen LogP) is 2.76. The Labute approximate surface area is 135 Å². The van der Waals surface area contributed by atoms with Crippen LogP contribution in [0.1, 0.15) is 10.5 Å². The minimum Gasteiger partial charge on any atom is -0.487 e. The summed E-state index contributed by atoms with van der Waals surface area (Å²) in [4.78, 5) is 16.3. The number of anilines is 1. The van der Waals surface area contributed by atoms with Crippen LogP contribution in [0.25, 0.3) is 0 Å². The molecule has 108 valence electrons. The largest absolute Gasteiger partial charge is 0.487 e. The molecule has 0 unspecified atom stereocenters. The molecular weight excluding hydrogens is 354 g/mol. The SMILES string of the molecule is NC(=S)COc1ccc(NC(=O)c2ccc(Br)cn2)cc1. The van der Waals surface area contributed by atoms with Crippen LogP contribution in [0.3, 0.4) is 0 Å². The molecule has 1 aromatic carbocycles. The van der Waals surface area contributed by atoms with E-state index in [1.807, 2.05) is 0 Å². The van der Waals surface area contributed by atoms with Crippen LogP contribution in [-0.4, -0.2) is 22.5 Å². The lowest BCUT2D eigenvalue weighted by Gasteiger charge is -2.07. The quantitative estimate of drug-likeness (QED) is 0.796. The lowest BCUT2D eigenvalue weighted by atomic mass is 10.3. The van der Waals surface area contributed by atoms with Gasteiger partial charge >= 0.3 is 0 Å². The highest BCUT2D eigenvalue weighted by molar-refractivity contribution is 9.10. The average Bonchev–Trinajstić information content (AvgIpc) is 2.47. The van der Waals surface area contributed by atoms with Crippen molar-refractivity contribution in [1.29, 1.82) is 0 Å². The standard InChI is InChI=1S/C14H12BrN3O2S/c15-9-1-6-12(17-7-9)14(19)18-10-2-4-11(5-3-10)20-8-13(16)21/h1-7H,8H2,(H2,16,21)(H,18,19). The van der Waals surface area contributed by atoms with E-state index in [-0.39, 0.29) is 17.5 Å². The molecule has 5 nitrogen and oxygen atoms in total. The van der Waals surface area contributed by atoms with Crippen molar-refractivity contribution in [2.45, 2.75) is 0 Å². The number of hydrogen-bond donors (Lipinski definition) is 2. The highest BCUT2D eigenvalue weighted by Gasteiger charge is 2.07. The lowest BCUT2D eigenvalue weighted by molar-refractivity contribution is 0.102. The van der Waals surface area contributed by atoms with Crippen molar-refractivity contribution in [2.24, 2.45) is 5.73 Å². The van der Waals surface area contributed by atoms with Gasteiger partial charge < -0.3 is 15.8 Å². The number of amides is 1. The van der Waals surface area contributed by atoms with E-state index >= 15 is 0 Å². The molecule has 0 spiro atoms. The molecular formula is C14H12BrN3O2S. The third kappa shape index (κ3) is 4.80. The third-order valence-electron chi connectivity index (χ3n) is 2.45. The van der Waals surface area contributed by atoms with Gasteiger partial charge in [-0.25, -0.2) is 4.98 Å². The van der Waals surface area contributed by atoms with Crippen LogP contribution in [0.2, 0.25) is 0 Å². The predicted molar refractivity (Wildman–Crippen MR) is 88.6 cm³/mol. The van der Waals surface area contributed by atoms with Gasteiger partial charge in [-0.3, -0.25) is 4.79 Å². The van der Waals surface area contributed by atoms with Crippen molar-refractivity contribution in [3.05, 3.63) is 52.8 Å². The fraction of sp³-hybridized carbons (Fsp3) is 0.0714. The topological polar surface area (TPSA) is 77.2 Å². The van der Waals surface area contributed by atoms with Gasteiger partial charge in [0.25, 0.3) is 5.91 Å². The second-order valence-corrected chi connectivity index (χ2v) is 5.54. The summed E-state index contributed by atoms with van der Waals surface area (Å²) in [6.45, 7) is 0.184. The summed E-state index contributed by atoms with van der Waals surface area (Å²) in [5.41, 5.74) is 6.34. The molecule has 0 saturated heterocycles. The van der Waals surface area contributed by atoms with E-state index in [1.54, 1.807) is 42.6 Å². The van der Waals surface area contributed by atoms with Crippen molar-refractivity contribution in [1.82, 2.24) is 4.98 Å². The number of benzene rings is 1. The molecule has 7 heteroatoms. The first-order chi connectivity index (χ1) is 10.0. The Morgan fingerprint density at radius 3 is 2.57 bits per heavy atom. The van der Waals surface area contributed by atoms with Crippen LogP contribution in [0.15, 0.2) is 47.1 Å². The van der Waals surface area contributed by atoms with Gasteiger partial charge in [-0.05, 0) is 52.3 Å². The van der Waals surface area contributed by atoms with Crippen LogP contribution < -0.4 is 15.8 Å². The number of carbonyl (C=O) groups is 1. The number of rotatable bonds is 5. The number of nitrogens with two attached hydrogens (primary N) is 1. The molecule has 21 heavy (non-hydrogen) atoms. The van der Waals surface area contributed by atoms with Gasteiger partial charge in [0.15, 0.2) is 0 Å². The highest BCUT2D eigenvalue weighted by atomic mass is 79.9. The summed E-state index contributed by atoms with van der Waals surface area (Å²) in [6, 6.07) is 10.3. The van der Waals surface area contributed by atoms with Crippen molar-refractivity contribution in [3.8, 4) is 5.75 Å². The molecule has 0 radical (unpaired) electrons. The Morgan fingerprint density at radius 1 is 1.29 bits per heavy atom. The summed E-state index contributed by atoms with van der Waals surface area (Å²) in [7, 11) is 0. The monoisotopic (exact) mass is 365 g/mol. The fourth-order valence-electron chi connectivity index (χ4n) is 1.49. The zero-order valence-corrected chi connectivity index (χ0v) is 13.3. The minimum absolute atomic E-state index is 0.184. The number of pyridine rings is 1. The van der Waals surface area contributed by atoms with Gasteiger partial charge in [0.2, 0.25) is 0 Å². The van der Waals surface area contributed by atoms with Gasteiger partial charge in [0, 0.05) is 16.4 Å². The summed E-state index contributed by atoms with van der Waals surface area (Å²) < 4.78 is 6.15. The second-order valence-electron chi connectivity index (χ2n) is 4.10. The maximum absolute atomic E-state index is 12.0. The number of thiocarbonyl (C=S) groups is 1. The molecule has 0 aliphatic heterocycles.